The fourth-order valence-corrected chi connectivity index (χ4v) is 2.10. The molecule has 1 fully saturated rings. The Hall–Kier alpha value is -1.24. The Morgan fingerprint density at radius 1 is 1.11 bits per heavy atom. The first-order valence-electron chi connectivity index (χ1n) is 6.24. The van der Waals surface area contributed by atoms with Gasteiger partial charge in [-0.25, -0.2) is 0 Å². The summed E-state index contributed by atoms with van der Waals surface area (Å²) in [5.74, 6) is 0.848. The lowest BCUT2D eigenvalue weighted by atomic mass is 10.1. The predicted molar refractivity (Wildman–Crippen MR) is 74.2 cm³/mol. The summed E-state index contributed by atoms with van der Waals surface area (Å²) in [4.78, 5) is 2.45. The highest BCUT2D eigenvalue weighted by Crippen LogP contribution is 2.12. The zero-order valence-corrected chi connectivity index (χ0v) is 11.3. The molecular formula is C14H19ClN2O. The normalized spacial score (nSPS) is 15.5. The van der Waals surface area contributed by atoms with Crippen LogP contribution in [0.4, 0.5) is 0 Å². The molecule has 1 aromatic rings. The number of hydrogen-bond donors (Lipinski definition) is 0. The molecule has 0 N–H and O–H groups in total. The van der Waals surface area contributed by atoms with Crippen molar-refractivity contribution in [2.24, 2.45) is 0 Å². The molecule has 0 saturated carbocycles. The van der Waals surface area contributed by atoms with Crippen LogP contribution in [-0.2, 0) is 0 Å². The molecule has 0 radical (unpaired) electrons. The predicted octanol–water partition coefficient (Wildman–Crippen LogP) is 2.84. The first-order valence-corrected chi connectivity index (χ1v) is 6.24. The maximum atomic E-state index is 8.68. The molecule has 1 aromatic carbocycles. The van der Waals surface area contributed by atoms with E-state index in [-0.39, 0.29) is 12.4 Å². The van der Waals surface area contributed by atoms with E-state index >= 15 is 0 Å². The van der Waals surface area contributed by atoms with Crippen LogP contribution < -0.4 is 4.74 Å². The number of rotatable bonds is 4. The molecular weight excluding hydrogens is 248 g/mol. The average Bonchev–Trinajstić information content (AvgIpc) is 2.41. The number of halogens is 1. The molecule has 0 atom stereocenters. The van der Waals surface area contributed by atoms with Crippen molar-refractivity contribution in [2.45, 2.75) is 19.3 Å². The van der Waals surface area contributed by atoms with Crippen molar-refractivity contribution in [3.63, 3.8) is 0 Å². The lowest BCUT2D eigenvalue weighted by Crippen LogP contribution is -2.33. The molecule has 2 rings (SSSR count). The zero-order valence-electron chi connectivity index (χ0n) is 10.5. The lowest BCUT2D eigenvalue weighted by molar-refractivity contribution is 0.183. The van der Waals surface area contributed by atoms with E-state index in [0.717, 1.165) is 18.9 Å². The second-order valence-corrected chi connectivity index (χ2v) is 4.39. The Kier molecular flexibility index (Phi) is 6.56. The largest absolute Gasteiger partial charge is 0.492 e. The van der Waals surface area contributed by atoms with Gasteiger partial charge >= 0.3 is 0 Å². The number of hydrogen-bond acceptors (Lipinski definition) is 3. The number of piperidine rings is 1. The Labute approximate surface area is 115 Å². The fourth-order valence-electron chi connectivity index (χ4n) is 2.10. The van der Waals surface area contributed by atoms with Crippen molar-refractivity contribution < 1.29 is 4.74 Å². The zero-order chi connectivity index (χ0) is 11.9. The standard InChI is InChI=1S/C14H18N2O.ClH/c15-12-13-4-6-14(7-5-13)17-11-10-16-8-2-1-3-9-16;/h4-7H,1-3,8-11H2;1H. The van der Waals surface area contributed by atoms with Gasteiger partial charge in [-0.2, -0.15) is 5.26 Å². The van der Waals surface area contributed by atoms with Crippen molar-refractivity contribution in [1.82, 2.24) is 4.90 Å². The van der Waals surface area contributed by atoms with E-state index in [1.165, 1.54) is 32.4 Å². The number of nitriles is 1. The van der Waals surface area contributed by atoms with Crippen LogP contribution in [0.5, 0.6) is 5.75 Å². The summed E-state index contributed by atoms with van der Waals surface area (Å²) in [6, 6.07) is 9.39. The number of benzene rings is 1. The quantitative estimate of drug-likeness (QED) is 0.841. The highest BCUT2D eigenvalue weighted by molar-refractivity contribution is 5.85. The van der Waals surface area contributed by atoms with Crippen LogP contribution >= 0.6 is 12.4 Å². The van der Waals surface area contributed by atoms with Gasteiger partial charge in [0.2, 0.25) is 0 Å². The average molecular weight is 267 g/mol. The first-order chi connectivity index (χ1) is 8.38. The summed E-state index contributed by atoms with van der Waals surface area (Å²) in [7, 11) is 0. The van der Waals surface area contributed by atoms with E-state index in [0.29, 0.717) is 5.56 Å². The molecule has 0 aromatic heterocycles. The lowest BCUT2D eigenvalue weighted by Gasteiger charge is -2.26. The summed E-state index contributed by atoms with van der Waals surface area (Å²) >= 11 is 0. The first kappa shape index (κ1) is 14.8. The molecule has 0 amide bonds. The molecule has 0 aliphatic carbocycles. The molecule has 0 bridgehead atoms. The fraction of sp³-hybridized carbons (Fsp3) is 0.500. The molecule has 1 aliphatic rings. The van der Waals surface area contributed by atoms with Crippen molar-refractivity contribution in [2.75, 3.05) is 26.2 Å². The number of nitrogens with zero attached hydrogens (tertiary/aromatic N) is 2. The molecule has 98 valence electrons. The third kappa shape index (κ3) is 4.56. The summed E-state index contributed by atoms with van der Waals surface area (Å²) in [5.41, 5.74) is 0.674. The van der Waals surface area contributed by atoms with Crippen molar-refractivity contribution in [1.29, 1.82) is 5.26 Å². The van der Waals surface area contributed by atoms with Crippen LogP contribution in [0, 0.1) is 11.3 Å². The monoisotopic (exact) mass is 266 g/mol. The van der Waals surface area contributed by atoms with Crippen LogP contribution in [0.3, 0.4) is 0 Å². The van der Waals surface area contributed by atoms with Crippen molar-refractivity contribution >= 4 is 12.4 Å². The van der Waals surface area contributed by atoms with Crippen LogP contribution in [0.2, 0.25) is 0 Å². The molecule has 1 saturated heterocycles. The van der Waals surface area contributed by atoms with Gasteiger partial charge in [0.25, 0.3) is 0 Å². The van der Waals surface area contributed by atoms with Crippen LogP contribution in [0.25, 0.3) is 0 Å². The van der Waals surface area contributed by atoms with E-state index in [4.69, 9.17) is 10.00 Å². The highest BCUT2D eigenvalue weighted by Gasteiger charge is 2.09. The van der Waals surface area contributed by atoms with Crippen LogP contribution in [0.15, 0.2) is 24.3 Å². The van der Waals surface area contributed by atoms with Gasteiger partial charge in [0.1, 0.15) is 12.4 Å². The minimum Gasteiger partial charge on any atom is -0.492 e. The summed E-state index contributed by atoms with van der Waals surface area (Å²) in [6.07, 6.45) is 4.00. The van der Waals surface area contributed by atoms with E-state index in [9.17, 15) is 0 Å². The molecule has 18 heavy (non-hydrogen) atoms. The Morgan fingerprint density at radius 3 is 2.39 bits per heavy atom. The Balaban J connectivity index is 0.00000162. The molecule has 3 nitrogen and oxygen atoms in total. The minimum absolute atomic E-state index is 0. The second kappa shape index (κ2) is 7.97. The molecule has 0 unspecified atom stereocenters. The van der Waals surface area contributed by atoms with Crippen molar-refractivity contribution in [3.8, 4) is 11.8 Å². The van der Waals surface area contributed by atoms with Gasteiger partial charge in [-0.3, -0.25) is 4.90 Å². The Bertz CT molecular complexity index is 380. The Morgan fingerprint density at radius 2 is 1.78 bits per heavy atom. The summed E-state index contributed by atoms with van der Waals surface area (Å²) in [6.45, 7) is 4.14. The smallest absolute Gasteiger partial charge is 0.119 e. The molecule has 0 spiro atoms. The molecule has 1 aliphatic heterocycles. The van der Waals surface area contributed by atoms with Crippen LogP contribution in [-0.4, -0.2) is 31.1 Å². The minimum atomic E-state index is 0. The van der Waals surface area contributed by atoms with Gasteiger partial charge in [0.15, 0.2) is 0 Å². The SMILES string of the molecule is Cl.N#Cc1ccc(OCCN2CCCCC2)cc1. The number of likely N-dealkylation sites (tertiary alicyclic amines) is 1. The molecule has 1 heterocycles. The van der Waals surface area contributed by atoms with Crippen LogP contribution in [0.1, 0.15) is 24.8 Å². The van der Waals surface area contributed by atoms with E-state index in [1.807, 2.05) is 12.1 Å². The third-order valence-corrected chi connectivity index (χ3v) is 3.11. The van der Waals surface area contributed by atoms with Gasteiger partial charge in [-0.1, -0.05) is 6.42 Å². The maximum absolute atomic E-state index is 8.68. The third-order valence-electron chi connectivity index (χ3n) is 3.11. The highest BCUT2D eigenvalue weighted by atomic mass is 35.5. The van der Waals surface area contributed by atoms with Gasteiger partial charge in [0, 0.05) is 6.54 Å². The summed E-state index contributed by atoms with van der Waals surface area (Å²) in [5, 5.41) is 8.68. The van der Waals surface area contributed by atoms with Gasteiger partial charge in [-0.15, -0.1) is 12.4 Å². The second-order valence-electron chi connectivity index (χ2n) is 4.39. The van der Waals surface area contributed by atoms with E-state index < -0.39 is 0 Å². The molecule has 4 heteroatoms. The number of ether oxygens (including phenoxy) is 1. The van der Waals surface area contributed by atoms with Gasteiger partial charge < -0.3 is 4.74 Å². The van der Waals surface area contributed by atoms with E-state index in [2.05, 4.69) is 11.0 Å². The van der Waals surface area contributed by atoms with Crippen molar-refractivity contribution in [3.05, 3.63) is 29.8 Å². The van der Waals surface area contributed by atoms with Gasteiger partial charge in [0.05, 0.1) is 11.6 Å². The summed E-state index contributed by atoms with van der Waals surface area (Å²) < 4.78 is 5.66. The maximum Gasteiger partial charge on any atom is 0.119 e. The topological polar surface area (TPSA) is 36.3 Å². The van der Waals surface area contributed by atoms with Gasteiger partial charge in [-0.05, 0) is 50.2 Å². The van der Waals surface area contributed by atoms with E-state index in [1.54, 1.807) is 12.1 Å².